The van der Waals surface area contributed by atoms with Gasteiger partial charge in [0, 0.05) is 16.2 Å². The summed E-state index contributed by atoms with van der Waals surface area (Å²) in [5, 5.41) is 10.2. The first kappa shape index (κ1) is 25.8. The second-order valence-corrected chi connectivity index (χ2v) is 12.3. The molecular weight excluding hydrogens is 542 g/mol. The lowest BCUT2D eigenvalue weighted by Crippen LogP contribution is -1.95. The van der Waals surface area contributed by atoms with Crippen molar-refractivity contribution in [2.24, 2.45) is 0 Å². The molecule has 0 atom stereocenters. The van der Waals surface area contributed by atoms with E-state index in [9.17, 15) is 0 Å². The van der Waals surface area contributed by atoms with Gasteiger partial charge in [0.25, 0.3) is 0 Å². The van der Waals surface area contributed by atoms with Gasteiger partial charge in [-0.15, -0.1) is 0 Å². The molecule has 9 rings (SSSR count). The minimum Gasteiger partial charge on any atom is -0.309 e. The van der Waals surface area contributed by atoms with Crippen molar-refractivity contribution in [2.75, 3.05) is 0 Å². The maximum atomic E-state index is 2.45. The predicted octanol–water partition coefficient (Wildman–Crippen LogP) is 12.2. The van der Waals surface area contributed by atoms with Gasteiger partial charge < -0.3 is 4.57 Å². The molecule has 0 amide bonds. The number of aromatic nitrogens is 1. The van der Waals surface area contributed by atoms with Crippen LogP contribution in [0.3, 0.4) is 0 Å². The molecule has 212 valence electrons. The molecule has 1 aromatic heterocycles. The lowest BCUT2D eigenvalue weighted by molar-refractivity contribution is 1.20. The van der Waals surface area contributed by atoms with Gasteiger partial charge in [-0.25, -0.2) is 0 Å². The van der Waals surface area contributed by atoms with Crippen LogP contribution in [0.5, 0.6) is 0 Å². The molecule has 0 aliphatic carbocycles. The van der Waals surface area contributed by atoms with Crippen LogP contribution in [-0.2, 0) is 0 Å². The molecule has 1 nitrogen and oxygen atoms in total. The minimum absolute atomic E-state index is 1.21. The van der Waals surface area contributed by atoms with Gasteiger partial charge in [-0.2, -0.15) is 0 Å². The Hall–Kier alpha value is -5.66. The number of rotatable bonds is 3. The van der Waals surface area contributed by atoms with Crippen LogP contribution in [0.2, 0.25) is 0 Å². The van der Waals surface area contributed by atoms with Crippen molar-refractivity contribution >= 4 is 54.1 Å². The van der Waals surface area contributed by atoms with Crippen LogP contribution in [0.15, 0.2) is 152 Å². The SMILES string of the molecule is Cc1ccccc1-c1c(C)ccc2ccc(-c3ccc4ccc5c(c4c3)c3ccccc3n5-c3cccc4ccccc34)cc12. The Morgan fingerprint density at radius 3 is 1.87 bits per heavy atom. The standard InChI is InChI=1S/C44H31N/c1-28-10-3-5-13-35(28)43-29(2)18-19-31-20-22-33(26-38(31)43)34-23-21-32-24-25-42-44(39(32)27-34)37-15-7-8-16-41(37)45(42)40-17-9-12-30-11-4-6-14-36(30)40/h3-27H,1-2H3. The summed E-state index contributed by atoms with van der Waals surface area (Å²) in [7, 11) is 0. The summed E-state index contributed by atoms with van der Waals surface area (Å²) in [5.41, 5.74) is 11.4. The molecule has 0 aliphatic rings. The molecule has 0 unspecified atom stereocenters. The van der Waals surface area contributed by atoms with Crippen LogP contribution in [0.1, 0.15) is 11.1 Å². The summed E-state index contributed by atoms with van der Waals surface area (Å²) in [6.07, 6.45) is 0. The molecule has 0 fully saturated rings. The highest BCUT2D eigenvalue weighted by atomic mass is 15.0. The average Bonchev–Trinajstić information content (AvgIpc) is 3.43. The zero-order chi connectivity index (χ0) is 30.1. The van der Waals surface area contributed by atoms with Crippen LogP contribution in [0.4, 0.5) is 0 Å². The highest BCUT2D eigenvalue weighted by molar-refractivity contribution is 6.22. The Morgan fingerprint density at radius 2 is 1.02 bits per heavy atom. The Morgan fingerprint density at radius 1 is 0.400 bits per heavy atom. The first-order valence-corrected chi connectivity index (χ1v) is 15.7. The van der Waals surface area contributed by atoms with E-state index in [1.165, 1.54) is 93.2 Å². The highest BCUT2D eigenvalue weighted by Gasteiger charge is 2.17. The molecule has 8 aromatic carbocycles. The van der Waals surface area contributed by atoms with Gasteiger partial charge in [0.05, 0.1) is 16.7 Å². The fourth-order valence-corrected chi connectivity index (χ4v) is 7.45. The molecule has 0 spiro atoms. The number of aryl methyl sites for hydroxylation is 2. The van der Waals surface area contributed by atoms with Crippen LogP contribution in [-0.4, -0.2) is 4.57 Å². The van der Waals surface area contributed by atoms with E-state index in [0.29, 0.717) is 0 Å². The quantitative estimate of drug-likeness (QED) is 0.198. The molecule has 9 aromatic rings. The Balaban J connectivity index is 1.31. The zero-order valence-corrected chi connectivity index (χ0v) is 25.4. The first-order chi connectivity index (χ1) is 22.2. The number of benzene rings is 8. The van der Waals surface area contributed by atoms with E-state index in [2.05, 4.69) is 170 Å². The molecule has 1 heteroatoms. The number of nitrogens with zero attached hydrogens (tertiary/aromatic N) is 1. The summed E-state index contributed by atoms with van der Waals surface area (Å²) < 4.78 is 2.45. The van der Waals surface area contributed by atoms with Crippen LogP contribution in [0.25, 0.3) is 82.1 Å². The van der Waals surface area contributed by atoms with Crippen LogP contribution in [0, 0.1) is 13.8 Å². The third-order valence-electron chi connectivity index (χ3n) is 9.64. The maximum Gasteiger partial charge on any atom is 0.0547 e. The van der Waals surface area contributed by atoms with Gasteiger partial charge in [0.15, 0.2) is 0 Å². The second kappa shape index (κ2) is 9.94. The lowest BCUT2D eigenvalue weighted by Gasteiger charge is -2.15. The van der Waals surface area contributed by atoms with E-state index in [0.717, 1.165) is 0 Å². The van der Waals surface area contributed by atoms with Crippen molar-refractivity contribution in [3.05, 3.63) is 163 Å². The van der Waals surface area contributed by atoms with E-state index in [4.69, 9.17) is 0 Å². The van der Waals surface area contributed by atoms with Gasteiger partial charge in [-0.1, -0.05) is 121 Å². The summed E-state index contributed by atoms with van der Waals surface area (Å²) >= 11 is 0. The van der Waals surface area contributed by atoms with E-state index in [-0.39, 0.29) is 0 Å². The minimum atomic E-state index is 1.21. The van der Waals surface area contributed by atoms with Crippen molar-refractivity contribution in [1.82, 2.24) is 4.57 Å². The third-order valence-corrected chi connectivity index (χ3v) is 9.64. The largest absolute Gasteiger partial charge is 0.309 e. The summed E-state index contributed by atoms with van der Waals surface area (Å²) in [5.74, 6) is 0. The normalized spacial score (nSPS) is 11.8. The third kappa shape index (κ3) is 3.94. The van der Waals surface area contributed by atoms with Gasteiger partial charge in [0.2, 0.25) is 0 Å². The molecule has 0 saturated carbocycles. The Labute approximate surface area is 262 Å². The van der Waals surface area contributed by atoms with Gasteiger partial charge >= 0.3 is 0 Å². The van der Waals surface area contributed by atoms with E-state index >= 15 is 0 Å². The second-order valence-electron chi connectivity index (χ2n) is 12.3. The van der Waals surface area contributed by atoms with Crippen LogP contribution < -0.4 is 0 Å². The molecule has 0 aliphatic heterocycles. The van der Waals surface area contributed by atoms with Gasteiger partial charge in [0.1, 0.15) is 0 Å². The number of para-hydroxylation sites is 1. The van der Waals surface area contributed by atoms with Gasteiger partial charge in [-0.3, -0.25) is 0 Å². The Bertz CT molecular complexity index is 2610. The monoisotopic (exact) mass is 573 g/mol. The molecule has 0 N–H and O–H groups in total. The first-order valence-electron chi connectivity index (χ1n) is 15.7. The average molecular weight is 574 g/mol. The van der Waals surface area contributed by atoms with Crippen molar-refractivity contribution in [3.8, 4) is 27.9 Å². The molecule has 0 saturated heterocycles. The van der Waals surface area contributed by atoms with Crippen molar-refractivity contribution < 1.29 is 0 Å². The van der Waals surface area contributed by atoms with E-state index in [1.807, 2.05) is 0 Å². The number of hydrogen-bond donors (Lipinski definition) is 0. The fourth-order valence-electron chi connectivity index (χ4n) is 7.45. The van der Waals surface area contributed by atoms with E-state index in [1.54, 1.807) is 0 Å². The van der Waals surface area contributed by atoms with Crippen molar-refractivity contribution in [2.45, 2.75) is 13.8 Å². The summed E-state index contributed by atoms with van der Waals surface area (Å²) in [6.45, 7) is 4.44. The van der Waals surface area contributed by atoms with Gasteiger partial charge in [-0.05, 0) is 104 Å². The van der Waals surface area contributed by atoms with E-state index < -0.39 is 0 Å². The molecule has 1 heterocycles. The Kier molecular flexibility index (Phi) is 5.70. The topological polar surface area (TPSA) is 4.93 Å². The summed E-state index contributed by atoms with van der Waals surface area (Å²) in [6, 6.07) is 55.9. The molecule has 0 radical (unpaired) electrons. The fraction of sp³-hybridized carbons (Fsp3) is 0.0455. The van der Waals surface area contributed by atoms with Crippen LogP contribution >= 0.6 is 0 Å². The zero-order valence-electron chi connectivity index (χ0n) is 25.4. The number of fused-ring (bicyclic) bond motifs is 7. The molecule has 45 heavy (non-hydrogen) atoms. The van der Waals surface area contributed by atoms with Crippen molar-refractivity contribution in [1.29, 1.82) is 0 Å². The maximum absolute atomic E-state index is 2.45. The number of hydrogen-bond acceptors (Lipinski definition) is 0. The summed E-state index contributed by atoms with van der Waals surface area (Å²) in [4.78, 5) is 0. The predicted molar refractivity (Wildman–Crippen MR) is 194 cm³/mol. The smallest absolute Gasteiger partial charge is 0.0547 e. The molecular formula is C44H31N. The highest BCUT2D eigenvalue weighted by Crippen LogP contribution is 2.41. The lowest BCUT2D eigenvalue weighted by atomic mass is 9.89. The van der Waals surface area contributed by atoms with Crippen molar-refractivity contribution in [3.63, 3.8) is 0 Å². The molecule has 0 bridgehead atoms.